The van der Waals surface area contributed by atoms with Crippen molar-refractivity contribution >= 4 is 11.4 Å². The molecule has 2 aromatic rings. The Morgan fingerprint density at radius 2 is 1.55 bits per heavy atom. The van der Waals surface area contributed by atoms with E-state index in [4.69, 9.17) is 4.74 Å². The van der Waals surface area contributed by atoms with Gasteiger partial charge in [0.2, 0.25) is 0 Å². The van der Waals surface area contributed by atoms with E-state index >= 15 is 0 Å². The molecule has 0 spiro atoms. The largest absolute Gasteiger partial charge is 0.378 e. The van der Waals surface area contributed by atoms with Crippen LogP contribution >= 0.6 is 0 Å². The molecule has 116 valence electrons. The third-order valence-corrected chi connectivity index (χ3v) is 4.20. The Morgan fingerprint density at radius 1 is 0.909 bits per heavy atom. The summed E-state index contributed by atoms with van der Waals surface area (Å²) in [5, 5.41) is 0. The summed E-state index contributed by atoms with van der Waals surface area (Å²) in [5.41, 5.74) is 5.39. The molecule has 0 bridgehead atoms. The van der Waals surface area contributed by atoms with Crippen molar-refractivity contribution in [3.63, 3.8) is 0 Å². The summed E-state index contributed by atoms with van der Waals surface area (Å²) in [6.45, 7) is 3.60. The zero-order valence-electron chi connectivity index (χ0n) is 13.5. The predicted molar refractivity (Wildman–Crippen MR) is 93.0 cm³/mol. The highest BCUT2D eigenvalue weighted by Crippen LogP contribution is 2.27. The predicted octanol–water partition coefficient (Wildman–Crippen LogP) is 3.18. The number of anilines is 2. The molecule has 3 heteroatoms. The van der Waals surface area contributed by atoms with Crippen LogP contribution in [0.5, 0.6) is 0 Å². The molecule has 22 heavy (non-hydrogen) atoms. The molecule has 0 radical (unpaired) electrons. The summed E-state index contributed by atoms with van der Waals surface area (Å²) in [5.74, 6) is 0. The highest BCUT2D eigenvalue weighted by atomic mass is 16.5. The Kier molecular flexibility index (Phi) is 4.64. The minimum absolute atomic E-state index is 0.822. The first-order chi connectivity index (χ1) is 10.8. The van der Waals surface area contributed by atoms with Crippen LogP contribution in [-0.2, 0) is 11.2 Å². The molecule has 0 N–H and O–H groups in total. The second kappa shape index (κ2) is 6.84. The van der Waals surface area contributed by atoms with Crippen molar-refractivity contribution in [1.29, 1.82) is 0 Å². The molecule has 0 unspecified atom stereocenters. The average Bonchev–Trinajstić information content (AvgIpc) is 2.56. The molecule has 1 fully saturated rings. The van der Waals surface area contributed by atoms with Crippen molar-refractivity contribution < 1.29 is 4.74 Å². The normalized spacial score (nSPS) is 14.9. The molecule has 0 aliphatic carbocycles. The molecular weight excluding hydrogens is 272 g/mol. The van der Waals surface area contributed by atoms with Crippen molar-refractivity contribution in [2.24, 2.45) is 0 Å². The van der Waals surface area contributed by atoms with Gasteiger partial charge in [0.05, 0.1) is 13.2 Å². The van der Waals surface area contributed by atoms with Crippen LogP contribution in [0.4, 0.5) is 11.4 Å². The van der Waals surface area contributed by atoms with Gasteiger partial charge in [0.25, 0.3) is 0 Å². The van der Waals surface area contributed by atoms with Gasteiger partial charge in [0.15, 0.2) is 0 Å². The molecule has 0 saturated carbocycles. The van der Waals surface area contributed by atoms with E-state index in [0.717, 1.165) is 32.7 Å². The summed E-state index contributed by atoms with van der Waals surface area (Å²) < 4.78 is 5.48. The maximum Gasteiger partial charge on any atom is 0.0642 e. The third-order valence-electron chi connectivity index (χ3n) is 4.20. The maximum absolute atomic E-state index is 5.48. The van der Waals surface area contributed by atoms with Gasteiger partial charge >= 0.3 is 0 Å². The van der Waals surface area contributed by atoms with Gasteiger partial charge in [-0.25, -0.2) is 0 Å². The number of hydrogen-bond donors (Lipinski definition) is 0. The van der Waals surface area contributed by atoms with Gasteiger partial charge in [-0.05, 0) is 23.3 Å². The van der Waals surface area contributed by atoms with Gasteiger partial charge < -0.3 is 14.5 Å². The minimum atomic E-state index is 0.822. The zero-order valence-corrected chi connectivity index (χ0v) is 13.5. The zero-order chi connectivity index (χ0) is 15.4. The SMILES string of the molecule is CN(C)c1ccccc1Cc1ccccc1N1CCOCC1. The number of hydrogen-bond acceptors (Lipinski definition) is 3. The van der Waals surface area contributed by atoms with Crippen LogP contribution < -0.4 is 9.80 Å². The summed E-state index contributed by atoms with van der Waals surface area (Å²) in [4.78, 5) is 4.63. The lowest BCUT2D eigenvalue weighted by Crippen LogP contribution is -2.36. The van der Waals surface area contributed by atoms with Crippen molar-refractivity contribution in [1.82, 2.24) is 0 Å². The Labute approximate surface area is 133 Å². The Balaban J connectivity index is 1.90. The fraction of sp³-hybridized carbons (Fsp3) is 0.368. The van der Waals surface area contributed by atoms with E-state index in [2.05, 4.69) is 72.4 Å². The van der Waals surface area contributed by atoms with Crippen molar-refractivity contribution in [2.75, 3.05) is 50.2 Å². The molecular formula is C19H24N2O. The number of benzene rings is 2. The number of ether oxygens (including phenoxy) is 1. The Hall–Kier alpha value is -2.00. The van der Waals surface area contributed by atoms with Gasteiger partial charge in [0, 0.05) is 45.0 Å². The number of morpholine rings is 1. The summed E-state index contributed by atoms with van der Waals surface area (Å²) >= 11 is 0. The summed E-state index contributed by atoms with van der Waals surface area (Å²) in [7, 11) is 4.21. The smallest absolute Gasteiger partial charge is 0.0642 e. The van der Waals surface area contributed by atoms with Gasteiger partial charge in [-0.2, -0.15) is 0 Å². The van der Waals surface area contributed by atoms with Crippen LogP contribution in [-0.4, -0.2) is 40.4 Å². The lowest BCUT2D eigenvalue weighted by molar-refractivity contribution is 0.122. The molecule has 1 saturated heterocycles. The van der Waals surface area contributed by atoms with Crippen molar-refractivity contribution in [3.8, 4) is 0 Å². The monoisotopic (exact) mass is 296 g/mol. The van der Waals surface area contributed by atoms with Gasteiger partial charge in [-0.15, -0.1) is 0 Å². The number of nitrogens with zero attached hydrogens (tertiary/aromatic N) is 2. The first-order valence-electron chi connectivity index (χ1n) is 7.91. The first-order valence-corrected chi connectivity index (χ1v) is 7.91. The first kappa shape index (κ1) is 14.9. The van der Waals surface area contributed by atoms with Crippen molar-refractivity contribution in [3.05, 3.63) is 59.7 Å². The Bertz CT molecular complexity index is 618. The van der Waals surface area contributed by atoms with Crippen LogP contribution in [0.3, 0.4) is 0 Å². The molecule has 0 atom stereocenters. The number of rotatable bonds is 4. The van der Waals surface area contributed by atoms with Gasteiger partial charge in [-0.3, -0.25) is 0 Å². The van der Waals surface area contributed by atoms with Crippen LogP contribution in [0.15, 0.2) is 48.5 Å². The average molecular weight is 296 g/mol. The quantitative estimate of drug-likeness (QED) is 0.862. The van der Waals surface area contributed by atoms with Crippen LogP contribution in [0.1, 0.15) is 11.1 Å². The van der Waals surface area contributed by atoms with E-state index in [-0.39, 0.29) is 0 Å². The van der Waals surface area contributed by atoms with E-state index in [1.807, 2.05) is 0 Å². The van der Waals surface area contributed by atoms with E-state index < -0.39 is 0 Å². The lowest BCUT2D eigenvalue weighted by Gasteiger charge is -2.31. The Morgan fingerprint density at radius 3 is 2.27 bits per heavy atom. The highest BCUT2D eigenvalue weighted by Gasteiger charge is 2.15. The minimum Gasteiger partial charge on any atom is -0.378 e. The van der Waals surface area contributed by atoms with Gasteiger partial charge in [0.1, 0.15) is 0 Å². The second-order valence-corrected chi connectivity index (χ2v) is 5.93. The molecule has 1 heterocycles. The third kappa shape index (κ3) is 3.25. The molecule has 1 aliphatic rings. The molecule has 1 aliphatic heterocycles. The lowest BCUT2D eigenvalue weighted by atomic mass is 10.0. The fourth-order valence-electron chi connectivity index (χ4n) is 3.07. The van der Waals surface area contributed by atoms with E-state index in [1.54, 1.807) is 0 Å². The van der Waals surface area contributed by atoms with E-state index in [1.165, 1.54) is 22.5 Å². The van der Waals surface area contributed by atoms with E-state index in [0.29, 0.717) is 0 Å². The topological polar surface area (TPSA) is 15.7 Å². The highest BCUT2D eigenvalue weighted by molar-refractivity contribution is 5.59. The summed E-state index contributed by atoms with van der Waals surface area (Å²) in [6, 6.07) is 17.4. The summed E-state index contributed by atoms with van der Waals surface area (Å²) in [6.07, 6.45) is 0.960. The molecule has 0 aromatic heterocycles. The second-order valence-electron chi connectivity index (χ2n) is 5.93. The van der Waals surface area contributed by atoms with Crippen LogP contribution in [0, 0.1) is 0 Å². The van der Waals surface area contributed by atoms with Gasteiger partial charge in [-0.1, -0.05) is 36.4 Å². The fourth-order valence-corrected chi connectivity index (χ4v) is 3.07. The van der Waals surface area contributed by atoms with Crippen LogP contribution in [0.2, 0.25) is 0 Å². The molecule has 3 rings (SSSR count). The standard InChI is InChI=1S/C19H24N2O/c1-20(2)18-9-5-3-7-16(18)15-17-8-4-6-10-19(17)21-11-13-22-14-12-21/h3-10H,11-15H2,1-2H3. The molecule has 0 amide bonds. The molecule has 2 aromatic carbocycles. The van der Waals surface area contributed by atoms with Crippen LogP contribution in [0.25, 0.3) is 0 Å². The molecule has 3 nitrogen and oxygen atoms in total. The maximum atomic E-state index is 5.48. The van der Waals surface area contributed by atoms with E-state index in [9.17, 15) is 0 Å². The van der Waals surface area contributed by atoms with Crippen molar-refractivity contribution in [2.45, 2.75) is 6.42 Å². The number of para-hydroxylation sites is 2.